The topological polar surface area (TPSA) is 81.9 Å². The summed E-state index contributed by atoms with van der Waals surface area (Å²) in [4.78, 5) is 16.6. The van der Waals surface area contributed by atoms with E-state index in [1.54, 1.807) is 12.5 Å². The second kappa shape index (κ2) is 10.8. The maximum Gasteiger partial charge on any atom is 0.270 e. The van der Waals surface area contributed by atoms with Crippen LogP contribution in [0.1, 0.15) is 28.8 Å². The van der Waals surface area contributed by atoms with Crippen LogP contribution >= 0.6 is 34.7 Å². The third kappa shape index (κ3) is 5.21. The first-order valence-corrected chi connectivity index (χ1v) is 12.6. The zero-order chi connectivity index (χ0) is 23.2. The van der Waals surface area contributed by atoms with E-state index in [0.717, 1.165) is 22.7 Å². The first-order valence-electron chi connectivity index (χ1n) is 10.3. The van der Waals surface area contributed by atoms with Gasteiger partial charge in [-0.1, -0.05) is 54.6 Å². The van der Waals surface area contributed by atoms with E-state index < -0.39 is 0 Å². The van der Waals surface area contributed by atoms with Crippen molar-refractivity contribution in [3.63, 3.8) is 0 Å². The molecule has 0 bridgehead atoms. The van der Waals surface area contributed by atoms with Crippen LogP contribution in [0.4, 0.5) is 0 Å². The average molecular weight is 500 g/mol. The third-order valence-corrected chi connectivity index (χ3v) is 7.02. The minimum absolute atomic E-state index is 0.150. The number of hydrogen-bond donors (Lipinski definition) is 1. The number of benzene rings is 2. The molecule has 10 heteroatoms. The van der Waals surface area contributed by atoms with E-state index in [1.807, 2.05) is 60.0 Å². The second-order valence-corrected chi connectivity index (χ2v) is 9.26. The normalized spacial score (nSPS) is 10.9. The molecule has 0 fully saturated rings. The molecule has 0 aliphatic carbocycles. The van der Waals surface area contributed by atoms with Crippen LogP contribution in [0.25, 0.3) is 17.1 Å². The quantitative estimate of drug-likeness (QED) is 0.307. The Labute approximate surface area is 205 Å². The van der Waals surface area contributed by atoms with Crippen molar-refractivity contribution in [2.75, 3.05) is 13.7 Å². The Morgan fingerprint density at radius 1 is 1.18 bits per heavy atom. The maximum absolute atomic E-state index is 12.2. The van der Waals surface area contributed by atoms with Gasteiger partial charge >= 0.3 is 0 Å². The Bertz CT molecular complexity index is 1260. The molecule has 1 amide bonds. The van der Waals surface area contributed by atoms with Gasteiger partial charge in [-0.15, -0.1) is 21.5 Å². The molecule has 0 aliphatic rings. The monoisotopic (exact) mass is 499 g/mol. The van der Waals surface area contributed by atoms with E-state index in [-0.39, 0.29) is 5.91 Å². The Morgan fingerprint density at radius 2 is 1.97 bits per heavy atom. The Kier molecular flexibility index (Phi) is 7.64. The number of ether oxygens (including phenoxy) is 1. The highest BCUT2D eigenvalue weighted by atomic mass is 35.5. The minimum Gasteiger partial charge on any atom is -0.495 e. The zero-order valence-corrected chi connectivity index (χ0v) is 20.5. The van der Waals surface area contributed by atoms with E-state index in [0.29, 0.717) is 39.7 Å². The number of para-hydroxylation sites is 2. The van der Waals surface area contributed by atoms with Gasteiger partial charge in [0.05, 0.1) is 23.6 Å². The molecule has 0 saturated heterocycles. The van der Waals surface area contributed by atoms with Gasteiger partial charge < -0.3 is 10.1 Å². The van der Waals surface area contributed by atoms with Gasteiger partial charge in [-0.3, -0.25) is 9.36 Å². The van der Waals surface area contributed by atoms with Crippen molar-refractivity contribution in [2.24, 2.45) is 0 Å². The van der Waals surface area contributed by atoms with Crippen molar-refractivity contribution in [3.8, 4) is 22.8 Å². The molecule has 33 heavy (non-hydrogen) atoms. The molecule has 4 rings (SSSR count). The van der Waals surface area contributed by atoms with Crippen molar-refractivity contribution in [3.05, 3.63) is 69.6 Å². The van der Waals surface area contributed by atoms with Gasteiger partial charge in [0.2, 0.25) is 0 Å². The fourth-order valence-electron chi connectivity index (χ4n) is 3.15. The van der Waals surface area contributed by atoms with Gasteiger partial charge in [-0.2, -0.15) is 0 Å². The lowest BCUT2D eigenvalue weighted by atomic mass is 10.2. The van der Waals surface area contributed by atoms with Gasteiger partial charge in [0, 0.05) is 17.5 Å². The van der Waals surface area contributed by atoms with E-state index in [2.05, 4.69) is 20.5 Å². The molecule has 0 radical (unpaired) electrons. The summed E-state index contributed by atoms with van der Waals surface area (Å²) in [6.07, 6.45) is 0.880. The lowest BCUT2D eigenvalue weighted by Crippen LogP contribution is -2.24. The van der Waals surface area contributed by atoms with Gasteiger partial charge in [0.1, 0.15) is 16.5 Å². The number of nitrogens with zero attached hydrogens (tertiary/aromatic N) is 4. The largest absolute Gasteiger partial charge is 0.495 e. The Balaban J connectivity index is 1.66. The summed E-state index contributed by atoms with van der Waals surface area (Å²) in [6.45, 7) is 2.64. The van der Waals surface area contributed by atoms with Gasteiger partial charge in [0.25, 0.3) is 5.91 Å². The fourth-order valence-corrected chi connectivity index (χ4v) is 5.11. The number of hydrogen-bond acceptors (Lipinski definition) is 7. The number of thioether (sulfide) groups is 1. The lowest BCUT2D eigenvalue weighted by molar-refractivity contribution is 0.0949. The number of carbonyl (C=O) groups excluding carboxylic acids is 1. The van der Waals surface area contributed by atoms with Crippen LogP contribution in [-0.2, 0) is 5.75 Å². The summed E-state index contributed by atoms with van der Waals surface area (Å²) in [5, 5.41) is 15.6. The van der Waals surface area contributed by atoms with Crippen LogP contribution in [0, 0.1) is 0 Å². The van der Waals surface area contributed by atoms with Crippen LogP contribution in [0.5, 0.6) is 5.75 Å². The lowest BCUT2D eigenvalue weighted by Gasteiger charge is -2.14. The highest BCUT2D eigenvalue weighted by Gasteiger charge is 2.21. The van der Waals surface area contributed by atoms with Crippen LogP contribution in [0.3, 0.4) is 0 Å². The smallest absolute Gasteiger partial charge is 0.270 e. The predicted molar refractivity (Wildman–Crippen MR) is 133 cm³/mol. The molecule has 0 spiro atoms. The van der Waals surface area contributed by atoms with Crippen LogP contribution in [0.2, 0.25) is 5.02 Å². The summed E-state index contributed by atoms with van der Waals surface area (Å²) in [5.74, 6) is 1.70. The number of amides is 1. The molecule has 2 heterocycles. The molecule has 1 N–H and O–H groups in total. The minimum atomic E-state index is -0.150. The van der Waals surface area contributed by atoms with E-state index in [9.17, 15) is 4.79 Å². The van der Waals surface area contributed by atoms with Crippen LogP contribution < -0.4 is 10.1 Å². The number of aromatic nitrogens is 4. The fraction of sp³-hybridized carbons (Fsp3) is 0.217. The Morgan fingerprint density at radius 3 is 2.76 bits per heavy atom. The van der Waals surface area contributed by atoms with Crippen molar-refractivity contribution in [2.45, 2.75) is 24.3 Å². The first kappa shape index (κ1) is 23.3. The van der Waals surface area contributed by atoms with Crippen molar-refractivity contribution in [1.29, 1.82) is 0 Å². The van der Waals surface area contributed by atoms with Gasteiger partial charge in [0.15, 0.2) is 11.0 Å². The van der Waals surface area contributed by atoms with Crippen molar-refractivity contribution >= 4 is 40.6 Å². The number of methoxy groups -OCH3 is 1. The molecule has 0 unspecified atom stereocenters. The third-order valence-electron chi connectivity index (χ3n) is 4.72. The average Bonchev–Trinajstić information content (AvgIpc) is 3.48. The van der Waals surface area contributed by atoms with E-state index >= 15 is 0 Å². The van der Waals surface area contributed by atoms with E-state index in [4.69, 9.17) is 16.3 Å². The summed E-state index contributed by atoms with van der Waals surface area (Å²) < 4.78 is 7.53. The molecular weight excluding hydrogens is 478 g/mol. The molecule has 0 atom stereocenters. The summed E-state index contributed by atoms with van der Waals surface area (Å²) in [6, 6.07) is 15.2. The number of thiazole rings is 1. The highest BCUT2D eigenvalue weighted by Crippen LogP contribution is 2.36. The molecule has 0 aliphatic heterocycles. The summed E-state index contributed by atoms with van der Waals surface area (Å²) >= 11 is 9.41. The molecule has 4 aromatic rings. The number of rotatable bonds is 9. The van der Waals surface area contributed by atoms with E-state index in [1.165, 1.54) is 23.1 Å². The van der Waals surface area contributed by atoms with Crippen LogP contribution in [-0.4, -0.2) is 39.3 Å². The van der Waals surface area contributed by atoms with Crippen molar-refractivity contribution < 1.29 is 9.53 Å². The number of nitrogens with one attached hydrogen (secondary N) is 1. The first-order chi connectivity index (χ1) is 16.1. The summed E-state index contributed by atoms with van der Waals surface area (Å²) in [7, 11) is 1.63. The predicted octanol–water partition coefficient (Wildman–Crippen LogP) is 5.48. The number of halogens is 1. The summed E-state index contributed by atoms with van der Waals surface area (Å²) in [5.41, 5.74) is 2.02. The number of carbonyl (C=O) groups is 1. The molecule has 0 saturated carbocycles. The zero-order valence-electron chi connectivity index (χ0n) is 18.1. The molecule has 2 aromatic heterocycles. The van der Waals surface area contributed by atoms with Gasteiger partial charge in [-0.05, 0) is 30.7 Å². The highest BCUT2D eigenvalue weighted by molar-refractivity contribution is 7.98. The molecule has 170 valence electrons. The maximum atomic E-state index is 12.2. The van der Waals surface area contributed by atoms with Gasteiger partial charge in [-0.25, -0.2) is 4.98 Å². The van der Waals surface area contributed by atoms with Crippen molar-refractivity contribution in [1.82, 2.24) is 25.1 Å². The molecule has 2 aromatic carbocycles. The molecular formula is C23H22ClN5O2S2. The standard InChI is InChI=1S/C23H22ClN5O2S2/c1-3-12-25-22(30)17-13-32-20(26-17)14-33-23-28-27-21(15-8-4-5-9-16(15)24)29(23)18-10-6-7-11-19(18)31-2/h4-11,13H,3,12,14H2,1-2H3,(H,25,30). The SMILES string of the molecule is CCCNC(=O)c1csc(CSc2nnc(-c3ccccc3Cl)n2-c2ccccc2OC)n1. The Hall–Kier alpha value is -2.88. The molecule has 7 nitrogen and oxygen atoms in total. The van der Waals surface area contributed by atoms with Crippen LogP contribution in [0.15, 0.2) is 59.1 Å². The second-order valence-electron chi connectivity index (χ2n) is 6.96.